The third-order valence-electron chi connectivity index (χ3n) is 8.99. The predicted octanol–water partition coefficient (Wildman–Crippen LogP) is 2.39. The number of allylic oxidation sites excluding steroid dienone is 3. The number of hydrogen-bond acceptors (Lipinski definition) is 9. The molecule has 2 fully saturated rings. The summed E-state index contributed by atoms with van der Waals surface area (Å²) in [7, 11) is 6.31. The van der Waals surface area contributed by atoms with Crippen LogP contribution in [0.25, 0.3) is 0 Å². The highest BCUT2D eigenvalue weighted by molar-refractivity contribution is 6.35. The fourth-order valence-corrected chi connectivity index (χ4v) is 6.60. The van der Waals surface area contributed by atoms with Crippen LogP contribution in [-0.2, 0) is 35.0 Å². The van der Waals surface area contributed by atoms with E-state index in [1.165, 1.54) is 19.1 Å². The smallest absolute Gasteiger partial charge is 0.409 e. The second kappa shape index (κ2) is 13.3. The van der Waals surface area contributed by atoms with Crippen LogP contribution in [-0.4, -0.2) is 92.7 Å². The van der Waals surface area contributed by atoms with E-state index in [1.807, 2.05) is 25.1 Å². The van der Waals surface area contributed by atoms with Crippen LogP contribution < -0.4 is 20.3 Å². The van der Waals surface area contributed by atoms with E-state index in [-0.39, 0.29) is 30.2 Å². The van der Waals surface area contributed by atoms with Crippen molar-refractivity contribution in [1.29, 1.82) is 0 Å². The maximum Gasteiger partial charge on any atom is 0.409 e. The highest BCUT2D eigenvalue weighted by atomic mass is 35.5. The molecule has 2 amide bonds. The number of likely N-dealkylation sites (N-methyl/N-ethyl adjacent to an activating group) is 1. The SMILES string of the molecule is C[NH2+]C(C)C(=O)OC1CC(=O)N(C)c2cc(cc(OC)c2Cl)CC(C)=CC=CC(OC)C2(O)CC(OC(=O)N2)C2(C)CC1(C)O2. The second-order valence-electron chi connectivity index (χ2n) is 12.6. The lowest BCUT2D eigenvalue weighted by molar-refractivity contribution is -0.648. The van der Waals surface area contributed by atoms with Gasteiger partial charge in [0.25, 0.3) is 0 Å². The number of fused-ring (bicyclic) bond motifs is 6. The minimum Gasteiger partial charge on any atom is -0.495 e. The van der Waals surface area contributed by atoms with Crippen LogP contribution in [0.2, 0.25) is 5.02 Å². The van der Waals surface area contributed by atoms with Gasteiger partial charge < -0.3 is 39.0 Å². The molecule has 0 aromatic heterocycles. The molecule has 248 valence electrons. The molecule has 0 spiro atoms. The Morgan fingerprint density at radius 1 is 1.24 bits per heavy atom. The van der Waals surface area contributed by atoms with Gasteiger partial charge in [-0.05, 0) is 51.8 Å². The third kappa shape index (κ3) is 7.15. The summed E-state index contributed by atoms with van der Waals surface area (Å²) in [4.78, 5) is 41.0. The quantitative estimate of drug-likeness (QED) is 0.409. The van der Waals surface area contributed by atoms with Crippen molar-refractivity contribution in [2.45, 2.75) is 94.7 Å². The van der Waals surface area contributed by atoms with Crippen LogP contribution in [0.15, 0.2) is 35.9 Å². The Hall–Kier alpha value is -3.16. The van der Waals surface area contributed by atoms with Crippen molar-refractivity contribution in [2.75, 3.05) is 33.2 Å². The molecule has 0 aliphatic carbocycles. The summed E-state index contributed by atoms with van der Waals surface area (Å²) in [6, 6.07) is 3.11. The number of anilines is 1. The number of esters is 1. The van der Waals surface area contributed by atoms with E-state index < -0.39 is 53.3 Å². The number of aliphatic hydroxyl groups is 1. The number of carbonyl (C=O) groups excluding carboxylic acids is 3. The van der Waals surface area contributed by atoms with E-state index in [1.54, 1.807) is 52.3 Å². The molecule has 2 saturated heterocycles. The Morgan fingerprint density at radius 3 is 2.56 bits per heavy atom. The van der Waals surface area contributed by atoms with Gasteiger partial charge in [0.15, 0.2) is 11.8 Å². The Bertz CT molecular complexity index is 1380. The van der Waals surface area contributed by atoms with Gasteiger partial charge in [0, 0.05) is 27.0 Å². The zero-order chi connectivity index (χ0) is 33.3. The highest BCUT2D eigenvalue weighted by Gasteiger charge is 2.63. The minimum atomic E-state index is -1.80. The molecule has 0 saturated carbocycles. The van der Waals surface area contributed by atoms with Gasteiger partial charge in [-0.25, -0.2) is 9.59 Å². The van der Waals surface area contributed by atoms with Crippen molar-refractivity contribution in [1.82, 2.24) is 5.32 Å². The van der Waals surface area contributed by atoms with E-state index in [0.717, 1.165) is 11.1 Å². The van der Waals surface area contributed by atoms with E-state index >= 15 is 0 Å². The summed E-state index contributed by atoms with van der Waals surface area (Å²) in [5, 5.41) is 16.1. The van der Waals surface area contributed by atoms with Crippen LogP contribution in [0.4, 0.5) is 10.5 Å². The normalized spacial score (nSPS) is 32.9. The van der Waals surface area contributed by atoms with Crippen LogP contribution in [0.3, 0.4) is 0 Å². The molecular weight excluding hydrogens is 606 g/mol. The first-order valence-corrected chi connectivity index (χ1v) is 15.4. The first-order valence-electron chi connectivity index (χ1n) is 15.0. The summed E-state index contributed by atoms with van der Waals surface area (Å²) in [5.74, 6) is -0.460. The molecule has 12 nitrogen and oxygen atoms in total. The standard InChI is InChI=1S/C32H44ClN3O9/c1-18-10-9-11-23(42-8)32(40)16-25(44-29(39)35-32)31(4)17-30(3,45-31)24(43-28(38)19(2)34-5)15-26(37)36(6)21-13-20(12-18)14-22(41-7)27(21)33/h9-11,13-14,19,23-25,34,40H,12,15-17H2,1-8H3,(H,35,39)/p+1. The Morgan fingerprint density at radius 2 is 1.93 bits per heavy atom. The number of nitrogens with zero attached hydrogens (tertiary/aromatic N) is 1. The lowest BCUT2D eigenvalue weighted by Gasteiger charge is -2.59. The van der Waals surface area contributed by atoms with E-state index in [0.29, 0.717) is 17.9 Å². The number of nitrogens with two attached hydrogens (primary N) is 1. The largest absolute Gasteiger partial charge is 0.495 e. The number of nitrogens with one attached hydrogen (secondary N) is 1. The Labute approximate surface area is 269 Å². The average molecular weight is 651 g/mol. The van der Waals surface area contributed by atoms with Gasteiger partial charge in [-0.2, -0.15) is 0 Å². The van der Waals surface area contributed by atoms with Crippen molar-refractivity contribution in [3.05, 3.63) is 46.5 Å². The molecule has 7 atom stereocenters. The van der Waals surface area contributed by atoms with E-state index in [9.17, 15) is 19.5 Å². The first-order chi connectivity index (χ1) is 21.1. The van der Waals surface area contributed by atoms with Gasteiger partial charge in [-0.1, -0.05) is 35.4 Å². The van der Waals surface area contributed by atoms with Crippen LogP contribution >= 0.6 is 11.6 Å². The molecule has 1 aromatic rings. The zero-order valence-electron chi connectivity index (χ0n) is 27.1. The molecule has 5 rings (SSSR count). The molecule has 1 aromatic carbocycles. The highest BCUT2D eigenvalue weighted by Crippen LogP contribution is 2.50. The molecule has 0 radical (unpaired) electrons. The lowest BCUT2D eigenvalue weighted by Crippen LogP contribution is -2.87. The topological polar surface area (TPSA) is 149 Å². The number of alkyl carbamates (subject to hydrolysis) is 1. The molecular formula is C32H45ClN3O9+. The predicted molar refractivity (Wildman–Crippen MR) is 166 cm³/mol. The summed E-state index contributed by atoms with van der Waals surface area (Å²) >= 11 is 6.70. The van der Waals surface area contributed by atoms with Gasteiger partial charge in [-0.15, -0.1) is 0 Å². The lowest BCUT2D eigenvalue weighted by atomic mass is 9.72. The van der Waals surface area contributed by atoms with Crippen molar-refractivity contribution in [3.8, 4) is 5.75 Å². The van der Waals surface area contributed by atoms with Crippen molar-refractivity contribution in [2.24, 2.45) is 0 Å². The zero-order valence-corrected chi connectivity index (χ0v) is 27.9. The number of ether oxygens (including phenoxy) is 5. The number of hydrogen-bond donors (Lipinski definition) is 3. The summed E-state index contributed by atoms with van der Waals surface area (Å²) in [6.07, 6.45) is 2.18. The molecule has 45 heavy (non-hydrogen) atoms. The summed E-state index contributed by atoms with van der Waals surface area (Å²) in [5.41, 5.74) is -1.74. The first kappa shape index (κ1) is 34.7. The molecule has 13 heteroatoms. The van der Waals surface area contributed by atoms with Gasteiger partial charge in [0.05, 0.1) is 26.3 Å². The molecule has 4 aliphatic heterocycles. The summed E-state index contributed by atoms with van der Waals surface area (Å²) < 4.78 is 29.2. The number of rotatable bonds is 5. The molecule has 4 heterocycles. The van der Waals surface area contributed by atoms with Crippen molar-refractivity contribution < 1.29 is 48.5 Å². The van der Waals surface area contributed by atoms with Crippen LogP contribution in [0.1, 0.15) is 52.5 Å². The third-order valence-corrected chi connectivity index (χ3v) is 9.37. The molecule has 4 N–H and O–H groups in total. The maximum absolute atomic E-state index is 13.8. The molecule has 6 bridgehead atoms. The number of amides is 2. The van der Waals surface area contributed by atoms with Gasteiger partial charge >= 0.3 is 12.1 Å². The number of quaternary nitrogens is 1. The monoisotopic (exact) mass is 650 g/mol. The fourth-order valence-electron chi connectivity index (χ4n) is 6.28. The fraction of sp³-hybridized carbons (Fsp3) is 0.594. The van der Waals surface area contributed by atoms with Gasteiger partial charge in [0.2, 0.25) is 5.91 Å². The van der Waals surface area contributed by atoms with Gasteiger partial charge in [0.1, 0.15) is 40.3 Å². The Kier molecular flexibility index (Phi) is 10.3. The van der Waals surface area contributed by atoms with Crippen LogP contribution in [0, 0.1) is 0 Å². The molecule has 7 unspecified atom stereocenters. The van der Waals surface area contributed by atoms with E-state index in [4.69, 9.17) is 35.3 Å². The Balaban J connectivity index is 1.80. The number of methoxy groups -OCH3 is 2. The number of halogens is 1. The maximum atomic E-state index is 13.8. The molecule has 4 aliphatic rings. The van der Waals surface area contributed by atoms with Crippen LogP contribution in [0.5, 0.6) is 5.75 Å². The number of benzene rings is 1. The number of carbonyl (C=O) groups is 3. The van der Waals surface area contributed by atoms with E-state index in [2.05, 4.69) is 5.32 Å². The van der Waals surface area contributed by atoms with Gasteiger partial charge in [-0.3, -0.25) is 10.1 Å². The second-order valence-corrected chi connectivity index (χ2v) is 13.0. The van der Waals surface area contributed by atoms with Crippen molar-refractivity contribution >= 4 is 35.3 Å². The average Bonchev–Trinajstić information content (AvgIpc) is 2.96. The van der Waals surface area contributed by atoms with Crippen molar-refractivity contribution in [3.63, 3.8) is 0 Å². The summed E-state index contributed by atoms with van der Waals surface area (Å²) in [6.45, 7) is 7.16. The minimum absolute atomic E-state index is 0.0467.